The molecular weight excluding hydrogens is 397 g/mol. The van der Waals surface area contributed by atoms with E-state index in [2.05, 4.69) is 31.7 Å². The molecule has 4 N–H and O–H groups in total. The number of hydrogen-bond acceptors (Lipinski definition) is 7. The van der Waals surface area contributed by atoms with Crippen molar-refractivity contribution in [3.05, 3.63) is 35.8 Å². The molecule has 1 aliphatic rings. The molecule has 0 unspecified atom stereocenters. The molecular formula is C18H18FN7O2S. The van der Waals surface area contributed by atoms with Gasteiger partial charge in [0.1, 0.15) is 23.4 Å². The number of thiol groups is 1. The fourth-order valence-electron chi connectivity index (χ4n) is 3.46. The quantitative estimate of drug-likeness (QED) is 0.391. The van der Waals surface area contributed by atoms with E-state index in [0.29, 0.717) is 28.1 Å². The van der Waals surface area contributed by atoms with Crippen molar-refractivity contribution in [2.45, 2.75) is 31.7 Å². The molecule has 0 bridgehead atoms. The van der Waals surface area contributed by atoms with Crippen molar-refractivity contribution >= 4 is 45.1 Å². The first-order valence-electron chi connectivity index (χ1n) is 9.07. The van der Waals surface area contributed by atoms with Crippen LogP contribution in [-0.4, -0.2) is 29.4 Å². The van der Waals surface area contributed by atoms with Crippen LogP contribution in [0.4, 0.5) is 27.5 Å². The summed E-state index contributed by atoms with van der Waals surface area (Å²) in [4.78, 5) is 11.8. The van der Waals surface area contributed by atoms with Gasteiger partial charge in [0.25, 0.3) is 0 Å². The van der Waals surface area contributed by atoms with E-state index in [-0.39, 0.29) is 17.7 Å². The molecule has 0 saturated heterocycles. The molecule has 150 valence electrons. The average Bonchev–Trinajstić information content (AvgIpc) is 3.33. The summed E-state index contributed by atoms with van der Waals surface area (Å²) in [6.07, 6.45) is 5.92. The number of hydrogen-bond donors (Lipinski definition) is 5. The normalized spacial score (nSPS) is 14.2. The molecule has 2 aromatic heterocycles. The monoisotopic (exact) mass is 415 g/mol. The largest absolute Gasteiger partial charge is 0.367 e. The van der Waals surface area contributed by atoms with Gasteiger partial charge in [0.15, 0.2) is 0 Å². The maximum atomic E-state index is 14.1. The predicted octanol–water partition coefficient (Wildman–Crippen LogP) is 3.01. The number of aromatic amines is 1. The summed E-state index contributed by atoms with van der Waals surface area (Å²) in [7, 11) is -2.96. The van der Waals surface area contributed by atoms with Gasteiger partial charge in [0, 0.05) is 17.9 Å². The summed E-state index contributed by atoms with van der Waals surface area (Å²) < 4.78 is 37.6. The van der Waals surface area contributed by atoms with Crippen molar-refractivity contribution < 1.29 is 12.8 Å². The molecule has 1 aliphatic carbocycles. The van der Waals surface area contributed by atoms with Crippen LogP contribution in [0, 0.1) is 17.1 Å². The number of rotatable bonds is 6. The molecule has 4 rings (SSSR count). The first-order chi connectivity index (χ1) is 14.0. The zero-order chi connectivity index (χ0) is 20.4. The Morgan fingerprint density at radius 2 is 2.03 bits per heavy atom. The van der Waals surface area contributed by atoms with Crippen LogP contribution in [0.25, 0.3) is 11.0 Å². The number of fused-ring (bicyclic) bond motifs is 1. The first-order valence-corrected chi connectivity index (χ1v) is 10.2. The van der Waals surface area contributed by atoms with Gasteiger partial charge in [0.2, 0.25) is 16.8 Å². The Bertz CT molecular complexity index is 1170. The molecule has 1 fully saturated rings. The standard InChI is InChI=1S/C18H18FN7O2S/c19-13-7-12(5-6-14(13)26-29(27)28)23-18-24-16-15(10(8-20)9-21-16)17(25-18)22-11-3-1-2-4-11/h5-7,9,11,29H,1-4H2,(H,26,27,28)(H3,21,22,23,24,25). The van der Waals surface area contributed by atoms with Crippen LogP contribution in [0.3, 0.4) is 0 Å². The third-order valence-electron chi connectivity index (χ3n) is 4.79. The zero-order valence-corrected chi connectivity index (χ0v) is 16.1. The highest BCUT2D eigenvalue weighted by molar-refractivity contribution is 7.73. The second kappa shape index (κ2) is 7.92. The van der Waals surface area contributed by atoms with E-state index in [1.54, 1.807) is 6.20 Å². The lowest BCUT2D eigenvalue weighted by Crippen LogP contribution is -2.16. The van der Waals surface area contributed by atoms with E-state index in [1.165, 1.54) is 12.1 Å². The Balaban J connectivity index is 1.67. The van der Waals surface area contributed by atoms with Crippen LogP contribution >= 0.6 is 0 Å². The lowest BCUT2D eigenvalue weighted by atomic mass is 10.2. The minimum atomic E-state index is -2.96. The van der Waals surface area contributed by atoms with Crippen molar-refractivity contribution in [1.29, 1.82) is 5.26 Å². The highest BCUT2D eigenvalue weighted by atomic mass is 32.2. The molecule has 0 spiro atoms. The molecule has 29 heavy (non-hydrogen) atoms. The van der Waals surface area contributed by atoms with E-state index < -0.39 is 16.7 Å². The molecule has 0 amide bonds. The molecule has 11 heteroatoms. The summed E-state index contributed by atoms with van der Waals surface area (Å²) in [5, 5.41) is 16.3. The second-order valence-corrected chi connectivity index (χ2v) is 7.49. The van der Waals surface area contributed by atoms with Crippen molar-refractivity contribution in [2.24, 2.45) is 0 Å². The van der Waals surface area contributed by atoms with Crippen LogP contribution in [0.5, 0.6) is 0 Å². The van der Waals surface area contributed by atoms with Crippen LogP contribution in [0.1, 0.15) is 31.2 Å². The van der Waals surface area contributed by atoms with Gasteiger partial charge in [-0.05, 0) is 31.0 Å². The van der Waals surface area contributed by atoms with Gasteiger partial charge in [-0.1, -0.05) is 12.8 Å². The summed E-state index contributed by atoms with van der Waals surface area (Å²) in [6, 6.07) is 6.38. The van der Waals surface area contributed by atoms with E-state index in [0.717, 1.165) is 31.7 Å². The third-order valence-corrected chi connectivity index (χ3v) is 5.21. The fourth-order valence-corrected chi connectivity index (χ4v) is 3.83. The number of nitrogens with one attached hydrogen (secondary N) is 4. The van der Waals surface area contributed by atoms with Crippen molar-refractivity contribution in [3.63, 3.8) is 0 Å². The minimum Gasteiger partial charge on any atom is -0.367 e. The number of benzene rings is 1. The Morgan fingerprint density at radius 3 is 2.72 bits per heavy atom. The smallest absolute Gasteiger partial charge is 0.231 e. The number of H-pyrrole nitrogens is 1. The van der Waals surface area contributed by atoms with E-state index >= 15 is 0 Å². The fraction of sp³-hybridized carbons (Fsp3) is 0.278. The van der Waals surface area contributed by atoms with E-state index in [1.807, 2.05) is 4.72 Å². The minimum absolute atomic E-state index is 0.144. The molecule has 2 heterocycles. The van der Waals surface area contributed by atoms with Gasteiger partial charge >= 0.3 is 0 Å². The second-order valence-electron chi connectivity index (χ2n) is 6.75. The maximum Gasteiger partial charge on any atom is 0.231 e. The predicted molar refractivity (Wildman–Crippen MR) is 108 cm³/mol. The van der Waals surface area contributed by atoms with Crippen LogP contribution in [0.15, 0.2) is 24.4 Å². The lowest BCUT2D eigenvalue weighted by molar-refractivity contribution is 0.614. The summed E-state index contributed by atoms with van der Waals surface area (Å²) >= 11 is 0. The molecule has 0 atom stereocenters. The van der Waals surface area contributed by atoms with Gasteiger partial charge < -0.3 is 15.6 Å². The molecule has 3 aromatic rings. The molecule has 9 nitrogen and oxygen atoms in total. The van der Waals surface area contributed by atoms with E-state index in [4.69, 9.17) is 0 Å². The zero-order valence-electron chi connectivity index (χ0n) is 15.2. The number of aromatic nitrogens is 3. The Hall–Kier alpha value is -3.39. The molecule has 1 saturated carbocycles. The Labute approximate surface area is 167 Å². The number of nitriles is 1. The SMILES string of the molecule is N#Cc1c[nH]c2nc(Nc3ccc(N[SH](=O)=O)c(F)c3)nc(NC3CCCC3)c12. The summed E-state index contributed by atoms with van der Waals surface area (Å²) in [5.74, 6) is 0.0369. The van der Waals surface area contributed by atoms with Crippen LogP contribution < -0.4 is 15.4 Å². The van der Waals surface area contributed by atoms with E-state index in [9.17, 15) is 18.1 Å². The Kier molecular flexibility index (Phi) is 5.18. The summed E-state index contributed by atoms with van der Waals surface area (Å²) in [5.41, 5.74) is 1.14. The Morgan fingerprint density at radius 1 is 1.24 bits per heavy atom. The number of nitrogens with zero attached hydrogens (tertiary/aromatic N) is 3. The van der Waals surface area contributed by atoms with Gasteiger partial charge in [0.05, 0.1) is 16.6 Å². The molecule has 0 radical (unpaired) electrons. The third kappa shape index (κ3) is 4.07. The van der Waals surface area contributed by atoms with Gasteiger partial charge in [-0.3, -0.25) is 4.72 Å². The summed E-state index contributed by atoms with van der Waals surface area (Å²) in [6.45, 7) is 0. The highest BCUT2D eigenvalue weighted by Crippen LogP contribution is 2.30. The highest BCUT2D eigenvalue weighted by Gasteiger charge is 2.20. The van der Waals surface area contributed by atoms with Gasteiger partial charge in [-0.25, -0.2) is 12.8 Å². The van der Waals surface area contributed by atoms with Crippen LogP contribution in [0.2, 0.25) is 0 Å². The molecule has 0 aliphatic heterocycles. The van der Waals surface area contributed by atoms with Crippen LogP contribution in [-0.2, 0) is 10.9 Å². The van der Waals surface area contributed by atoms with Crippen molar-refractivity contribution in [3.8, 4) is 6.07 Å². The van der Waals surface area contributed by atoms with Crippen molar-refractivity contribution in [1.82, 2.24) is 15.0 Å². The number of anilines is 4. The average molecular weight is 415 g/mol. The van der Waals surface area contributed by atoms with Gasteiger partial charge in [-0.2, -0.15) is 15.2 Å². The topological polar surface area (TPSA) is 136 Å². The van der Waals surface area contributed by atoms with Gasteiger partial charge in [-0.15, -0.1) is 0 Å². The van der Waals surface area contributed by atoms with Crippen molar-refractivity contribution in [2.75, 3.05) is 15.4 Å². The molecule has 1 aromatic carbocycles. The lowest BCUT2D eigenvalue weighted by Gasteiger charge is -2.15. The first kappa shape index (κ1) is 18.9. The number of halogens is 1. The maximum absolute atomic E-state index is 14.1.